The molecule has 2 rings (SSSR count). The largest absolute Gasteiger partial charge is 0.481 e. The van der Waals surface area contributed by atoms with E-state index in [1.165, 1.54) is 6.42 Å². The Morgan fingerprint density at radius 3 is 2.62 bits per heavy atom. The van der Waals surface area contributed by atoms with Gasteiger partial charge in [-0.3, -0.25) is 4.79 Å². The van der Waals surface area contributed by atoms with Crippen LogP contribution in [0.25, 0.3) is 0 Å². The lowest BCUT2D eigenvalue weighted by Crippen LogP contribution is -2.49. The number of anilines is 1. The summed E-state index contributed by atoms with van der Waals surface area (Å²) in [5.74, 6) is -0.753. The second-order valence-electron chi connectivity index (χ2n) is 5.69. The minimum atomic E-state index is -0.753. The molecule has 112 valence electrons. The van der Waals surface area contributed by atoms with Crippen molar-refractivity contribution >= 4 is 27.6 Å². The van der Waals surface area contributed by atoms with Gasteiger partial charge in [0, 0.05) is 17.2 Å². The molecule has 0 bridgehead atoms. The Bertz CT molecular complexity index is 574. The van der Waals surface area contributed by atoms with Crippen molar-refractivity contribution in [3.05, 3.63) is 28.2 Å². The molecule has 0 atom stereocenters. The molecule has 1 aromatic carbocycles. The molecule has 0 radical (unpaired) electrons. The van der Waals surface area contributed by atoms with E-state index in [1.807, 2.05) is 19.2 Å². The molecule has 4 nitrogen and oxygen atoms in total. The highest BCUT2D eigenvalue weighted by atomic mass is 79.9. The van der Waals surface area contributed by atoms with Gasteiger partial charge >= 0.3 is 5.97 Å². The summed E-state index contributed by atoms with van der Waals surface area (Å²) in [5.41, 5.74) is 1.21. The zero-order valence-corrected chi connectivity index (χ0v) is 13.7. The van der Waals surface area contributed by atoms with Gasteiger partial charge < -0.3 is 10.0 Å². The van der Waals surface area contributed by atoms with Crippen LogP contribution < -0.4 is 4.90 Å². The van der Waals surface area contributed by atoms with E-state index in [4.69, 9.17) is 5.26 Å². The second-order valence-corrected chi connectivity index (χ2v) is 6.54. The third-order valence-electron chi connectivity index (χ3n) is 4.44. The Morgan fingerprint density at radius 2 is 2.10 bits per heavy atom. The third-order valence-corrected chi connectivity index (χ3v) is 5.09. The number of benzene rings is 1. The van der Waals surface area contributed by atoms with Crippen LogP contribution in [-0.4, -0.2) is 23.7 Å². The number of carboxylic acids is 1. The number of rotatable bonds is 4. The Kier molecular flexibility index (Phi) is 4.89. The van der Waals surface area contributed by atoms with E-state index in [9.17, 15) is 9.90 Å². The van der Waals surface area contributed by atoms with Gasteiger partial charge in [-0.1, -0.05) is 19.3 Å². The lowest BCUT2D eigenvalue weighted by molar-refractivity contribution is -0.138. The van der Waals surface area contributed by atoms with Crippen LogP contribution in [0, 0.1) is 11.3 Å². The summed E-state index contributed by atoms with van der Waals surface area (Å²) in [7, 11) is 1.96. The first-order valence-corrected chi connectivity index (χ1v) is 7.93. The number of hydrogen-bond acceptors (Lipinski definition) is 3. The van der Waals surface area contributed by atoms with Crippen molar-refractivity contribution in [1.82, 2.24) is 0 Å². The van der Waals surface area contributed by atoms with E-state index in [2.05, 4.69) is 26.9 Å². The van der Waals surface area contributed by atoms with Gasteiger partial charge in [-0.25, -0.2) is 0 Å². The van der Waals surface area contributed by atoms with Gasteiger partial charge in [-0.15, -0.1) is 0 Å². The number of carboxylic acid groups (broad SMARTS) is 1. The Labute approximate surface area is 133 Å². The van der Waals surface area contributed by atoms with Gasteiger partial charge in [-0.05, 0) is 47.0 Å². The van der Waals surface area contributed by atoms with E-state index in [0.29, 0.717) is 5.56 Å². The van der Waals surface area contributed by atoms with Crippen LogP contribution in [0.1, 0.15) is 44.1 Å². The molecule has 0 aliphatic heterocycles. The molecule has 1 saturated carbocycles. The molecule has 0 amide bonds. The summed E-state index contributed by atoms with van der Waals surface area (Å²) < 4.78 is 0.746. The Hall–Kier alpha value is -1.54. The van der Waals surface area contributed by atoms with Crippen molar-refractivity contribution in [2.24, 2.45) is 0 Å². The maximum atomic E-state index is 11.3. The minimum Gasteiger partial charge on any atom is -0.481 e. The molecule has 1 aliphatic rings. The lowest BCUT2D eigenvalue weighted by Gasteiger charge is -2.45. The van der Waals surface area contributed by atoms with Gasteiger partial charge in [0.1, 0.15) is 6.07 Å². The number of halogens is 1. The first-order chi connectivity index (χ1) is 9.98. The van der Waals surface area contributed by atoms with Crippen LogP contribution in [0.4, 0.5) is 5.69 Å². The fraction of sp³-hybridized carbons (Fsp3) is 0.500. The van der Waals surface area contributed by atoms with E-state index in [0.717, 1.165) is 35.8 Å². The van der Waals surface area contributed by atoms with E-state index >= 15 is 0 Å². The third kappa shape index (κ3) is 3.38. The highest BCUT2D eigenvalue weighted by Crippen LogP contribution is 2.39. The number of carbonyl (C=O) groups is 1. The minimum absolute atomic E-state index is 0.154. The number of aliphatic carboxylic acids is 1. The highest BCUT2D eigenvalue weighted by Gasteiger charge is 2.38. The van der Waals surface area contributed by atoms with Gasteiger partial charge in [0.15, 0.2) is 0 Å². The summed E-state index contributed by atoms with van der Waals surface area (Å²) in [4.78, 5) is 13.4. The van der Waals surface area contributed by atoms with Crippen LogP contribution in [0.3, 0.4) is 0 Å². The highest BCUT2D eigenvalue weighted by molar-refractivity contribution is 9.10. The summed E-state index contributed by atoms with van der Waals surface area (Å²) in [6.45, 7) is 0. The van der Waals surface area contributed by atoms with Gasteiger partial charge in [0.25, 0.3) is 0 Å². The zero-order chi connectivity index (χ0) is 15.5. The van der Waals surface area contributed by atoms with Gasteiger partial charge in [0.2, 0.25) is 0 Å². The molecule has 1 aliphatic carbocycles. The Balaban J connectivity index is 2.33. The molecule has 1 aromatic rings. The molecule has 0 saturated heterocycles. The monoisotopic (exact) mass is 350 g/mol. The molecule has 1 fully saturated rings. The van der Waals surface area contributed by atoms with Crippen molar-refractivity contribution in [3.63, 3.8) is 0 Å². The predicted molar refractivity (Wildman–Crippen MR) is 85.3 cm³/mol. The number of nitriles is 1. The van der Waals surface area contributed by atoms with Gasteiger partial charge in [-0.2, -0.15) is 5.26 Å². The van der Waals surface area contributed by atoms with Crippen molar-refractivity contribution in [1.29, 1.82) is 5.26 Å². The summed E-state index contributed by atoms with van der Waals surface area (Å²) in [6.07, 6.45) is 5.25. The number of nitrogens with zero attached hydrogens (tertiary/aromatic N) is 2. The van der Waals surface area contributed by atoms with E-state index in [1.54, 1.807) is 6.07 Å². The molecule has 0 unspecified atom stereocenters. The van der Waals surface area contributed by atoms with Crippen molar-refractivity contribution in [2.75, 3.05) is 11.9 Å². The normalized spacial score (nSPS) is 17.0. The SMILES string of the molecule is CN(c1ccc(C#N)c(Br)c1)C1(CC(=O)O)CCCCC1. The van der Waals surface area contributed by atoms with Crippen molar-refractivity contribution < 1.29 is 9.90 Å². The molecule has 5 heteroatoms. The first-order valence-electron chi connectivity index (χ1n) is 7.14. The Morgan fingerprint density at radius 1 is 1.43 bits per heavy atom. The molecular weight excluding hydrogens is 332 g/mol. The smallest absolute Gasteiger partial charge is 0.305 e. The summed E-state index contributed by atoms with van der Waals surface area (Å²) >= 11 is 3.40. The molecule has 0 spiro atoms. The molecule has 0 heterocycles. The standard InChI is InChI=1S/C16H19BrN2O2/c1-19(13-6-5-12(11-18)14(17)9-13)16(10-15(20)21)7-3-2-4-8-16/h5-6,9H,2-4,7-8,10H2,1H3,(H,20,21). The fourth-order valence-corrected chi connectivity index (χ4v) is 3.65. The average Bonchev–Trinajstić information content (AvgIpc) is 2.46. The lowest BCUT2D eigenvalue weighted by atomic mass is 9.78. The molecule has 0 aromatic heterocycles. The second kappa shape index (κ2) is 6.48. The fourth-order valence-electron chi connectivity index (χ4n) is 3.20. The van der Waals surface area contributed by atoms with Crippen molar-refractivity contribution in [2.45, 2.75) is 44.1 Å². The quantitative estimate of drug-likeness (QED) is 0.893. The maximum Gasteiger partial charge on any atom is 0.305 e. The van der Waals surface area contributed by atoms with Crippen LogP contribution >= 0.6 is 15.9 Å². The summed E-state index contributed by atoms with van der Waals surface area (Å²) in [5, 5.41) is 18.3. The first kappa shape index (κ1) is 15.8. The van der Waals surface area contributed by atoms with E-state index < -0.39 is 5.97 Å². The molecular formula is C16H19BrN2O2. The topological polar surface area (TPSA) is 64.3 Å². The van der Waals surface area contributed by atoms with Crippen LogP contribution in [0.5, 0.6) is 0 Å². The van der Waals surface area contributed by atoms with Crippen LogP contribution in [0.15, 0.2) is 22.7 Å². The molecule has 1 N–H and O–H groups in total. The average molecular weight is 351 g/mol. The molecule has 21 heavy (non-hydrogen) atoms. The maximum absolute atomic E-state index is 11.3. The van der Waals surface area contributed by atoms with Crippen LogP contribution in [-0.2, 0) is 4.79 Å². The van der Waals surface area contributed by atoms with Gasteiger partial charge in [0.05, 0.1) is 17.5 Å². The predicted octanol–water partition coefficient (Wildman–Crippen LogP) is 3.93. The van der Waals surface area contributed by atoms with Crippen LogP contribution in [0.2, 0.25) is 0 Å². The summed E-state index contributed by atoms with van der Waals surface area (Å²) in [6, 6.07) is 7.68. The van der Waals surface area contributed by atoms with E-state index in [-0.39, 0.29) is 12.0 Å². The zero-order valence-electron chi connectivity index (χ0n) is 12.1. The number of hydrogen-bond donors (Lipinski definition) is 1. The van der Waals surface area contributed by atoms with Crippen molar-refractivity contribution in [3.8, 4) is 6.07 Å².